The number of carbonyl (C=O) groups excluding carboxylic acids is 1. The smallest absolute Gasteiger partial charge is 0.223 e. The van der Waals surface area contributed by atoms with Gasteiger partial charge in [-0.25, -0.2) is 4.98 Å². The van der Waals surface area contributed by atoms with Crippen LogP contribution >= 0.6 is 0 Å². The molecule has 0 aliphatic heterocycles. The Morgan fingerprint density at radius 2 is 2.30 bits per heavy atom. The number of fused-ring (bicyclic) bond motifs is 2. The molecule has 118 valence electrons. The van der Waals surface area contributed by atoms with Gasteiger partial charge in [-0.1, -0.05) is 18.2 Å². The fourth-order valence-electron chi connectivity index (χ4n) is 3.29. The second-order valence-corrected chi connectivity index (χ2v) is 6.16. The fraction of sp³-hybridized carbons (Fsp3) is 0.333. The quantitative estimate of drug-likeness (QED) is 0.781. The summed E-state index contributed by atoms with van der Waals surface area (Å²) < 4.78 is 5.73. The summed E-state index contributed by atoms with van der Waals surface area (Å²) in [6.45, 7) is 2.38. The summed E-state index contributed by atoms with van der Waals surface area (Å²) in [6, 6.07) is 9.84. The van der Waals surface area contributed by atoms with Gasteiger partial charge in [-0.2, -0.15) is 0 Å². The van der Waals surface area contributed by atoms with E-state index in [0.29, 0.717) is 6.54 Å². The van der Waals surface area contributed by atoms with Crippen LogP contribution in [0.25, 0.3) is 11.0 Å². The van der Waals surface area contributed by atoms with Gasteiger partial charge in [0.2, 0.25) is 5.91 Å². The van der Waals surface area contributed by atoms with Gasteiger partial charge in [0.05, 0.1) is 12.2 Å². The molecule has 23 heavy (non-hydrogen) atoms. The zero-order chi connectivity index (χ0) is 15.8. The van der Waals surface area contributed by atoms with Crippen molar-refractivity contribution in [1.29, 1.82) is 0 Å². The molecule has 1 aliphatic rings. The van der Waals surface area contributed by atoms with E-state index in [4.69, 9.17) is 4.42 Å². The minimum Gasteiger partial charge on any atom is -0.459 e. The molecule has 2 heterocycles. The number of carbonyl (C=O) groups is 1. The molecule has 2 aromatic heterocycles. The molecule has 3 aromatic rings. The highest BCUT2D eigenvalue weighted by atomic mass is 16.3. The SMILES string of the molecule is Cc1nc2c([nH]1)CC(C(=O)NCc1cc3ccccc3o1)CC2. The largest absolute Gasteiger partial charge is 0.459 e. The highest BCUT2D eigenvalue weighted by molar-refractivity contribution is 5.80. The van der Waals surface area contributed by atoms with Crippen LogP contribution in [-0.2, 0) is 24.2 Å². The Bertz CT molecular complexity index is 829. The number of nitrogens with one attached hydrogen (secondary N) is 2. The Hall–Kier alpha value is -2.56. The summed E-state index contributed by atoms with van der Waals surface area (Å²) in [4.78, 5) is 20.1. The number of aromatic amines is 1. The molecule has 0 bridgehead atoms. The highest BCUT2D eigenvalue weighted by Crippen LogP contribution is 2.24. The van der Waals surface area contributed by atoms with E-state index in [0.717, 1.165) is 53.2 Å². The van der Waals surface area contributed by atoms with E-state index in [1.54, 1.807) is 0 Å². The zero-order valence-electron chi connectivity index (χ0n) is 13.1. The maximum atomic E-state index is 12.4. The number of H-pyrrole nitrogens is 1. The van der Waals surface area contributed by atoms with Gasteiger partial charge in [0, 0.05) is 23.4 Å². The van der Waals surface area contributed by atoms with E-state index in [1.807, 2.05) is 37.3 Å². The maximum absolute atomic E-state index is 12.4. The van der Waals surface area contributed by atoms with Crippen molar-refractivity contribution in [1.82, 2.24) is 15.3 Å². The van der Waals surface area contributed by atoms with Crippen LogP contribution in [0.5, 0.6) is 0 Å². The monoisotopic (exact) mass is 309 g/mol. The van der Waals surface area contributed by atoms with E-state index in [-0.39, 0.29) is 11.8 Å². The molecular formula is C18H19N3O2. The summed E-state index contributed by atoms with van der Waals surface area (Å²) >= 11 is 0. The van der Waals surface area contributed by atoms with Crippen LogP contribution in [0.4, 0.5) is 0 Å². The number of amides is 1. The minimum atomic E-state index is 0.00623. The Morgan fingerprint density at radius 3 is 3.17 bits per heavy atom. The van der Waals surface area contributed by atoms with Gasteiger partial charge in [-0.3, -0.25) is 4.79 Å². The van der Waals surface area contributed by atoms with Crippen molar-refractivity contribution < 1.29 is 9.21 Å². The summed E-state index contributed by atoms with van der Waals surface area (Å²) in [7, 11) is 0. The number of para-hydroxylation sites is 1. The topological polar surface area (TPSA) is 70.9 Å². The highest BCUT2D eigenvalue weighted by Gasteiger charge is 2.26. The van der Waals surface area contributed by atoms with Gasteiger partial charge in [0.15, 0.2) is 0 Å². The molecule has 1 aromatic carbocycles. The third kappa shape index (κ3) is 2.74. The van der Waals surface area contributed by atoms with Gasteiger partial charge < -0.3 is 14.7 Å². The standard InChI is InChI=1S/C18H19N3O2/c1-11-20-15-7-6-13(9-16(15)21-11)18(22)19-10-14-8-12-4-2-3-5-17(12)23-14/h2-5,8,13H,6-7,9-10H2,1H3,(H,19,22)(H,20,21). The van der Waals surface area contributed by atoms with Crippen LogP contribution in [0.2, 0.25) is 0 Å². The van der Waals surface area contributed by atoms with Crippen LogP contribution in [-0.4, -0.2) is 15.9 Å². The number of aryl methyl sites for hydroxylation is 2. The number of nitrogens with zero attached hydrogens (tertiary/aromatic N) is 1. The van der Waals surface area contributed by atoms with E-state index >= 15 is 0 Å². The Labute approximate surface area is 134 Å². The fourth-order valence-corrected chi connectivity index (χ4v) is 3.29. The van der Waals surface area contributed by atoms with E-state index in [2.05, 4.69) is 15.3 Å². The molecule has 5 heteroatoms. The number of imidazole rings is 1. The number of aromatic nitrogens is 2. The van der Waals surface area contributed by atoms with Crippen LogP contribution in [0.1, 0.15) is 29.4 Å². The second-order valence-electron chi connectivity index (χ2n) is 6.16. The normalized spacial score (nSPS) is 17.2. The molecule has 5 nitrogen and oxygen atoms in total. The van der Waals surface area contributed by atoms with Gasteiger partial charge >= 0.3 is 0 Å². The molecule has 0 saturated carbocycles. The molecule has 2 N–H and O–H groups in total. The van der Waals surface area contributed by atoms with Crippen LogP contribution in [0, 0.1) is 12.8 Å². The number of benzene rings is 1. The first kappa shape index (κ1) is 14.1. The molecule has 0 spiro atoms. The number of rotatable bonds is 3. The van der Waals surface area contributed by atoms with Crippen molar-refractivity contribution >= 4 is 16.9 Å². The third-order valence-electron chi connectivity index (χ3n) is 4.45. The molecule has 1 aliphatic carbocycles. The van der Waals surface area contributed by atoms with Crippen molar-refractivity contribution in [2.24, 2.45) is 5.92 Å². The molecule has 0 radical (unpaired) electrons. The average molecular weight is 309 g/mol. The van der Waals surface area contributed by atoms with Gasteiger partial charge in [0.25, 0.3) is 0 Å². The van der Waals surface area contributed by atoms with Crippen molar-refractivity contribution in [3.8, 4) is 0 Å². The summed E-state index contributed by atoms with van der Waals surface area (Å²) in [5, 5.41) is 4.06. The first-order valence-electron chi connectivity index (χ1n) is 7.98. The Kier molecular flexibility index (Phi) is 3.41. The average Bonchev–Trinajstić information content (AvgIpc) is 3.13. The summed E-state index contributed by atoms with van der Waals surface area (Å²) in [5.74, 6) is 1.81. The summed E-state index contributed by atoms with van der Waals surface area (Å²) in [6.07, 6.45) is 2.45. The summed E-state index contributed by atoms with van der Waals surface area (Å²) in [5.41, 5.74) is 3.08. The molecular weight excluding hydrogens is 290 g/mol. The number of furan rings is 1. The first-order chi connectivity index (χ1) is 11.2. The van der Waals surface area contributed by atoms with Crippen molar-refractivity contribution in [3.63, 3.8) is 0 Å². The van der Waals surface area contributed by atoms with Gasteiger partial charge in [0.1, 0.15) is 17.2 Å². The lowest BCUT2D eigenvalue weighted by Gasteiger charge is -2.20. The van der Waals surface area contributed by atoms with Crippen molar-refractivity contribution in [3.05, 3.63) is 53.3 Å². The van der Waals surface area contributed by atoms with Crippen LogP contribution < -0.4 is 5.32 Å². The molecule has 1 unspecified atom stereocenters. The molecule has 1 amide bonds. The van der Waals surface area contributed by atoms with Crippen molar-refractivity contribution in [2.75, 3.05) is 0 Å². The third-order valence-corrected chi connectivity index (χ3v) is 4.45. The number of hydrogen-bond acceptors (Lipinski definition) is 3. The molecule has 4 rings (SSSR count). The predicted octanol–water partition coefficient (Wildman–Crippen LogP) is 2.89. The zero-order valence-corrected chi connectivity index (χ0v) is 13.1. The van der Waals surface area contributed by atoms with Crippen LogP contribution in [0.3, 0.4) is 0 Å². The number of hydrogen-bond donors (Lipinski definition) is 2. The minimum absolute atomic E-state index is 0.00623. The molecule has 1 atom stereocenters. The molecule has 0 fully saturated rings. The van der Waals surface area contributed by atoms with Gasteiger partial charge in [-0.05, 0) is 31.9 Å². The second kappa shape index (κ2) is 5.57. The first-order valence-corrected chi connectivity index (χ1v) is 7.98. The Morgan fingerprint density at radius 1 is 1.43 bits per heavy atom. The lowest BCUT2D eigenvalue weighted by molar-refractivity contribution is -0.125. The maximum Gasteiger partial charge on any atom is 0.223 e. The van der Waals surface area contributed by atoms with Gasteiger partial charge in [-0.15, -0.1) is 0 Å². The van der Waals surface area contributed by atoms with E-state index in [1.165, 1.54) is 0 Å². The van der Waals surface area contributed by atoms with E-state index in [9.17, 15) is 4.79 Å². The van der Waals surface area contributed by atoms with Crippen LogP contribution in [0.15, 0.2) is 34.7 Å². The lowest BCUT2D eigenvalue weighted by atomic mass is 9.89. The van der Waals surface area contributed by atoms with Crippen molar-refractivity contribution in [2.45, 2.75) is 32.7 Å². The Balaban J connectivity index is 1.40. The predicted molar refractivity (Wildman–Crippen MR) is 86.9 cm³/mol. The lowest BCUT2D eigenvalue weighted by Crippen LogP contribution is -2.33. The van der Waals surface area contributed by atoms with E-state index < -0.39 is 0 Å². The molecule has 0 saturated heterocycles.